The fourth-order valence-electron chi connectivity index (χ4n) is 1.31. The van der Waals surface area contributed by atoms with Gasteiger partial charge in [-0.05, 0) is 13.5 Å². The minimum atomic E-state index is 0.246. The second kappa shape index (κ2) is 7.15. The van der Waals surface area contributed by atoms with Crippen LogP contribution in [0, 0.1) is 12.3 Å². The Morgan fingerprint density at radius 3 is 2.58 bits per heavy atom. The fourth-order valence-corrected chi connectivity index (χ4v) is 1.31. The summed E-state index contributed by atoms with van der Waals surface area (Å²) in [5.74, 6) is 2.65. The van der Waals surface area contributed by atoms with Crippen molar-refractivity contribution in [3.05, 3.63) is 0 Å². The lowest BCUT2D eigenvalue weighted by atomic mass is 10.0. The van der Waals surface area contributed by atoms with Gasteiger partial charge in [0.25, 0.3) is 0 Å². The van der Waals surface area contributed by atoms with E-state index < -0.39 is 0 Å². The first-order valence-corrected chi connectivity index (χ1v) is 4.43. The SMILES string of the molecule is C#CCC(NC)C(CCC)OC. The largest absolute Gasteiger partial charge is 0.380 e. The molecule has 0 rings (SSSR count). The average molecular weight is 169 g/mol. The van der Waals surface area contributed by atoms with E-state index in [4.69, 9.17) is 11.2 Å². The zero-order valence-corrected chi connectivity index (χ0v) is 8.26. The number of ether oxygens (including phenoxy) is 1. The Morgan fingerprint density at radius 1 is 1.58 bits per heavy atom. The highest BCUT2D eigenvalue weighted by molar-refractivity contribution is 4.92. The number of hydrogen-bond donors (Lipinski definition) is 1. The van der Waals surface area contributed by atoms with Crippen LogP contribution in [0.25, 0.3) is 0 Å². The molecule has 0 aromatic heterocycles. The minimum absolute atomic E-state index is 0.246. The Bertz CT molecular complexity index is 139. The number of methoxy groups -OCH3 is 1. The Morgan fingerprint density at radius 2 is 2.25 bits per heavy atom. The lowest BCUT2D eigenvalue weighted by Crippen LogP contribution is -2.38. The second-order valence-corrected chi connectivity index (χ2v) is 2.87. The zero-order valence-electron chi connectivity index (χ0n) is 8.26. The van der Waals surface area contributed by atoms with E-state index in [9.17, 15) is 0 Å². The highest BCUT2D eigenvalue weighted by Gasteiger charge is 2.16. The van der Waals surface area contributed by atoms with E-state index >= 15 is 0 Å². The quantitative estimate of drug-likeness (QED) is 0.607. The van der Waals surface area contributed by atoms with Crippen molar-refractivity contribution in [2.45, 2.75) is 38.3 Å². The summed E-state index contributed by atoms with van der Waals surface area (Å²) in [6.07, 6.45) is 8.41. The standard InChI is InChI=1S/C10H19NO/c1-5-7-9(11-3)10(12-4)8-6-2/h1,9-11H,6-8H2,2-4H3. The van der Waals surface area contributed by atoms with E-state index in [1.54, 1.807) is 7.11 Å². The molecule has 0 aromatic rings. The molecule has 0 heterocycles. The minimum Gasteiger partial charge on any atom is -0.380 e. The predicted octanol–water partition coefficient (Wildman–Crippen LogP) is 1.41. The summed E-state index contributed by atoms with van der Waals surface area (Å²) >= 11 is 0. The second-order valence-electron chi connectivity index (χ2n) is 2.87. The molecule has 0 spiro atoms. The molecule has 1 N–H and O–H groups in total. The molecule has 12 heavy (non-hydrogen) atoms. The number of terminal acetylenes is 1. The third kappa shape index (κ3) is 3.75. The molecule has 0 aliphatic carbocycles. The molecule has 0 radical (unpaired) electrons. The highest BCUT2D eigenvalue weighted by Crippen LogP contribution is 2.08. The Balaban J connectivity index is 3.95. The van der Waals surface area contributed by atoms with Crippen LogP contribution < -0.4 is 5.32 Å². The van der Waals surface area contributed by atoms with Gasteiger partial charge >= 0.3 is 0 Å². The molecular weight excluding hydrogens is 150 g/mol. The molecule has 0 saturated carbocycles. The summed E-state index contributed by atoms with van der Waals surface area (Å²) in [6.45, 7) is 2.15. The van der Waals surface area contributed by atoms with Crippen LogP contribution >= 0.6 is 0 Å². The van der Waals surface area contributed by atoms with Gasteiger partial charge in [0.1, 0.15) is 0 Å². The van der Waals surface area contributed by atoms with Crippen LogP contribution in [0.15, 0.2) is 0 Å². The number of hydrogen-bond acceptors (Lipinski definition) is 2. The lowest BCUT2D eigenvalue weighted by molar-refractivity contribution is 0.0647. The van der Waals surface area contributed by atoms with Crippen LogP contribution in [0.3, 0.4) is 0 Å². The van der Waals surface area contributed by atoms with E-state index in [-0.39, 0.29) is 6.10 Å². The Kier molecular flexibility index (Phi) is 6.84. The maximum absolute atomic E-state index is 5.34. The maximum Gasteiger partial charge on any atom is 0.0733 e. The number of nitrogens with one attached hydrogen (secondary N) is 1. The summed E-state index contributed by atoms with van der Waals surface area (Å²) in [5, 5.41) is 3.17. The molecule has 0 bridgehead atoms. The maximum atomic E-state index is 5.34. The topological polar surface area (TPSA) is 21.3 Å². The van der Waals surface area contributed by atoms with Crippen LogP contribution in [0.2, 0.25) is 0 Å². The van der Waals surface area contributed by atoms with Gasteiger partial charge in [0.2, 0.25) is 0 Å². The first-order chi connectivity index (χ1) is 5.79. The van der Waals surface area contributed by atoms with E-state index in [1.807, 2.05) is 7.05 Å². The molecule has 0 aliphatic rings. The van der Waals surface area contributed by atoms with Gasteiger partial charge in [0.05, 0.1) is 6.10 Å². The smallest absolute Gasteiger partial charge is 0.0733 e. The molecule has 2 nitrogen and oxygen atoms in total. The van der Waals surface area contributed by atoms with E-state index in [1.165, 1.54) is 0 Å². The van der Waals surface area contributed by atoms with Crippen molar-refractivity contribution >= 4 is 0 Å². The van der Waals surface area contributed by atoms with Gasteiger partial charge in [-0.3, -0.25) is 0 Å². The molecule has 0 aliphatic heterocycles. The molecule has 0 saturated heterocycles. The Hall–Kier alpha value is -0.520. The summed E-state index contributed by atoms with van der Waals surface area (Å²) in [6, 6.07) is 0.292. The van der Waals surface area contributed by atoms with Gasteiger partial charge in [0.15, 0.2) is 0 Å². The molecule has 2 unspecified atom stereocenters. The van der Waals surface area contributed by atoms with Crippen LogP contribution in [0.4, 0.5) is 0 Å². The highest BCUT2D eigenvalue weighted by atomic mass is 16.5. The van der Waals surface area contributed by atoms with Gasteiger partial charge < -0.3 is 10.1 Å². The van der Waals surface area contributed by atoms with Gasteiger partial charge in [0, 0.05) is 19.6 Å². The van der Waals surface area contributed by atoms with Crippen molar-refractivity contribution in [3.63, 3.8) is 0 Å². The predicted molar refractivity (Wildman–Crippen MR) is 52.0 cm³/mol. The first-order valence-electron chi connectivity index (χ1n) is 4.43. The molecule has 2 atom stereocenters. The van der Waals surface area contributed by atoms with E-state index in [2.05, 4.69) is 18.2 Å². The molecule has 70 valence electrons. The van der Waals surface area contributed by atoms with Crippen molar-refractivity contribution in [3.8, 4) is 12.3 Å². The van der Waals surface area contributed by atoms with Gasteiger partial charge in [-0.25, -0.2) is 0 Å². The van der Waals surface area contributed by atoms with Crippen molar-refractivity contribution < 1.29 is 4.74 Å². The fraction of sp³-hybridized carbons (Fsp3) is 0.800. The van der Waals surface area contributed by atoms with Gasteiger partial charge in [-0.1, -0.05) is 13.3 Å². The van der Waals surface area contributed by atoms with Gasteiger partial charge in [-0.2, -0.15) is 0 Å². The van der Waals surface area contributed by atoms with E-state index in [0.29, 0.717) is 6.04 Å². The monoisotopic (exact) mass is 169 g/mol. The van der Waals surface area contributed by atoms with Crippen LogP contribution in [0.5, 0.6) is 0 Å². The van der Waals surface area contributed by atoms with Crippen molar-refractivity contribution in [1.82, 2.24) is 5.32 Å². The third-order valence-corrected chi connectivity index (χ3v) is 2.03. The summed E-state index contributed by atoms with van der Waals surface area (Å²) in [5.41, 5.74) is 0. The molecule has 2 heteroatoms. The number of rotatable bonds is 6. The summed E-state index contributed by atoms with van der Waals surface area (Å²) in [7, 11) is 3.66. The molecule has 0 fully saturated rings. The average Bonchev–Trinajstić information content (AvgIpc) is 2.11. The van der Waals surface area contributed by atoms with E-state index in [0.717, 1.165) is 19.3 Å². The van der Waals surface area contributed by atoms with Crippen LogP contribution in [0.1, 0.15) is 26.2 Å². The molecule has 0 aromatic carbocycles. The first kappa shape index (κ1) is 11.5. The summed E-state index contributed by atoms with van der Waals surface area (Å²) in [4.78, 5) is 0. The van der Waals surface area contributed by atoms with Crippen molar-refractivity contribution in [2.24, 2.45) is 0 Å². The van der Waals surface area contributed by atoms with Crippen molar-refractivity contribution in [2.75, 3.05) is 14.2 Å². The zero-order chi connectivity index (χ0) is 9.40. The van der Waals surface area contributed by atoms with Crippen LogP contribution in [-0.2, 0) is 4.74 Å². The third-order valence-electron chi connectivity index (χ3n) is 2.03. The molecule has 0 amide bonds. The summed E-state index contributed by atoms with van der Waals surface area (Å²) < 4.78 is 5.34. The van der Waals surface area contributed by atoms with Crippen molar-refractivity contribution in [1.29, 1.82) is 0 Å². The Labute approximate surface area is 75.7 Å². The molecular formula is C10H19NO. The lowest BCUT2D eigenvalue weighted by Gasteiger charge is -2.23. The number of likely N-dealkylation sites (N-methyl/N-ethyl adjacent to an activating group) is 1. The van der Waals surface area contributed by atoms with Gasteiger partial charge in [-0.15, -0.1) is 12.3 Å². The van der Waals surface area contributed by atoms with Crippen LogP contribution in [-0.4, -0.2) is 26.3 Å². The normalized spacial score (nSPS) is 15.2.